The summed E-state index contributed by atoms with van der Waals surface area (Å²) >= 11 is 0. The van der Waals surface area contributed by atoms with E-state index in [1.54, 1.807) is 0 Å². The van der Waals surface area contributed by atoms with Crippen LogP contribution in [0.5, 0.6) is 0 Å². The van der Waals surface area contributed by atoms with Gasteiger partial charge < -0.3 is 10.2 Å². The van der Waals surface area contributed by atoms with Crippen molar-refractivity contribution in [2.24, 2.45) is 5.41 Å². The first-order valence-electron chi connectivity index (χ1n) is 9.90. The highest BCUT2D eigenvalue weighted by Crippen LogP contribution is 2.42. The number of hydrogen-bond donors (Lipinski definition) is 1. The Hall–Kier alpha value is -2.58. The van der Waals surface area contributed by atoms with Gasteiger partial charge in [0.2, 0.25) is 0 Å². The maximum absolute atomic E-state index is 10.0. The minimum absolute atomic E-state index is 0. The topological polar surface area (TPSA) is 56.4 Å². The first-order valence-corrected chi connectivity index (χ1v) is 9.90. The molecule has 2 aliphatic rings. The third kappa shape index (κ3) is 2.75. The number of aromatic nitrogens is 2. The number of nitriles is 1. The molecule has 5 heteroatoms. The Labute approximate surface area is 167 Å². The predicted octanol–water partition coefficient (Wildman–Crippen LogP) is 3.92. The van der Waals surface area contributed by atoms with E-state index in [0.717, 1.165) is 67.7 Å². The molecule has 1 saturated heterocycles. The minimum Gasteiger partial charge on any atom is -0.355 e. The number of fused-ring (bicyclic) bond motifs is 4. The van der Waals surface area contributed by atoms with Crippen molar-refractivity contribution < 1.29 is 0 Å². The molecule has 0 saturated carbocycles. The molecule has 3 aromatic rings. The van der Waals surface area contributed by atoms with Crippen molar-refractivity contribution in [3.05, 3.63) is 41.0 Å². The summed E-state index contributed by atoms with van der Waals surface area (Å²) in [6.45, 7) is 8.65. The molecule has 0 bridgehead atoms. The van der Waals surface area contributed by atoms with Crippen molar-refractivity contribution in [2.45, 2.75) is 40.5 Å². The third-order valence-corrected chi connectivity index (χ3v) is 6.17. The summed E-state index contributed by atoms with van der Waals surface area (Å²) in [7, 11) is 0. The molecule has 5 nitrogen and oxygen atoms in total. The number of hydrogen-bond acceptors (Lipinski definition) is 4. The molecule has 5 rings (SSSR count). The average Bonchev–Trinajstić information content (AvgIpc) is 3.05. The fraction of sp³-hybridized carbons (Fsp3) is 0.478. The van der Waals surface area contributed by atoms with Gasteiger partial charge in [0, 0.05) is 26.2 Å². The van der Waals surface area contributed by atoms with Crippen molar-refractivity contribution >= 4 is 22.5 Å². The van der Waals surface area contributed by atoms with Crippen molar-refractivity contribution in [3.63, 3.8) is 0 Å². The van der Waals surface area contributed by atoms with Crippen LogP contribution in [0.2, 0.25) is 0 Å². The zero-order valence-corrected chi connectivity index (χ0v) is 16.0. The maximum Gasteiger partial charge on any atom is 0.157 e. The van der Waals surface area contributed by atoms with Crippen LogP contribution in [0.1, 0.15) is 44.4 Å². The van der Waals surface area contributed by atoms with Gasteiger partial charge in [0.15, 0.2) is 5.65 Å². The van der Waals surface area contributed by atoms with Crippen LogP contribution in [-0.2, 0) is 12.8 Å². The summed E-state index contributed by atoms with van der Waals surface area (Å²) < 4.78 is 2.26. The molecule has 1 N–H and O–H groups in total. The van der Waals surface area contributed by atoms with Gasteiger partial charge >= 0.3 is 0 Å². The molecule has 0 radical (unpaired) electrons. The van der Waals surface area contributed by atoms with Gasteiger partial charge in [-0.25, -0.2) is 4.98 Å². The van der Waals surface area contributed by atoms with Crippen LogP contribution in [0.25, 0.3) is 16.7 Å². The highest BCUT2D eigenvalue weighted by Gasteiger charge is 2.33. The Morgan fingerprint density at radius 2 is 1.89 bits per heavy atom. The number of nitrogens with zero attached hydrogens (tertiary/aromatic N) is 4. The third-order valence-electron chi connectivity index (χ3n) is 6.17. The zero-order valence-electron chi connectivity index (χ0n) is 16.0. The summed E-state index contributed by atoms with van der Waals surface area (Å²) in [6.07, 6.45) is 3.09. The predicted molar refractivity (Wildman–Crippen MR) is 115 cm³/mol. The van der Waals surface area contributed by atoms with Crippen LogP contribution < -0.4 is 10.2 Å². The molecule has 1 aliphatic carbocycles. The van der Waals surface area contributed by atoms with Gasteiger partial charge in [0.1, 0.15) is 11.9 Å². The molecule has 1 aliphatic heterocycles. The number of benzene rings is 1. The van der Waals surface area contributed by atoms with Crippen LogP contribution in [0.3, 0.4) is 0 Å². The van der Waals surface area contributed by atoms with Gasteiger partial charge in [-0.15, -0.1) is 0 Å². The molecule has 0 amide bonds. The molecular formula is C23H29N5. The zero-order chi connectivity index (χ0) is 18.6. The Morgan fingerprint density at radius 1 is 1.14 bits per heavy atom. The Bertz CT molecular complexity index is 1080. The van der Waals surface area contributed by atoms with Gasteiger partial charge in [0.25, 0.3) is 0 Å². The maximum atomic E-state index is 10.0. The second-order valence-corrected chi connectivity index (χ2v) is 8.61. The van der Waals surface area contributed by atoms with Gasteiger partial charge in [-0.1, -0.05) is 33.4 Å². The van der Waals surface area contributed by atoms with Crippen molar-refractivity contribution in [1.29, 1.82) is 5.26 Å². The summed E-state index contributed by atoms with van der Waals surface area (Å²) in [6, 6.07) is 10.8. The first kappa shape index (κ1) is 18.8. The molecule has 2 aromatic heterocycles. The van der Waals surface area contributed by atoms with Gasteiger partial charge in [-0.2, -0.15) is 5.26 Å². The monoisotopic (exact) mass is 375 g/mol. The standard InChI is InChI=1S/C22H25N5.CH4/c1-22(2)8-7-15-16(13-22)21(26-11-9-24-10-12-26)27-19-6-4-3-5-18(19)25-20(27)17(15)14-23;/h3-6,24H,7-13H2,1-2H3;1H4. The van der Waals surface area contributed by atoms with Crippen LogP contribution >= 0.6 is 0 Å². The van der Waals surface area contributed by atoms with E-state index in [2.05, 4.69) is 46.7 Å². The highest BCUT2D eigenvalue weighted by molar-refractivity contribution is 5.86. The summed E-state index contributed by atoms with van der Waals surface area (Å²) in [4.78, 5) is 7.38. The molecule has 0 spiro atoms. The summed E-state index contributed by atoms with van der Waals surface area (Å²) in [5.74, 6) is 1.27. The van der Waals surface area contributed by atoms with E-state index in [1.807, 2.05) is 12.1 Å². The lowest BCUT2D eigenvalue weighted by Gasteiger charge is -2.38. The lowest BCUT2D eigenvalue weighted by molar-refractivity contribution is 0.314. The quantitative estimate of drug-likeness (QED) is 0.700. The fourth-order valence-corrected chi connectivity index (χ4v) is 4.78. The fourth-order valence-electron chi connectivity index (χ4n) is 4.78. The molecular weight excluding hydrogens is 346 g/mol. The van der Waals surface area contributed by atoms with Crippen molar-refractivity contribution in [1.82, 2.24) is 14.7 Å². The van der Waals surface area contributed by atoms with Gasteiger partial charge in [0.05, 0.1) is 16.6 Å². The van der Waals surface area contributed by atoms with Crippen molar-refractivity contribution in [3.8, 4) is 6.07 Å². The van der Waals surface area contributed by atoms with E-state index < -0.39 is 0 Å². The Morgan fingerprint density at radius 3 is 2.64 bits per heavy atom. The molecule has 0 atom stereocenters. The van der Waals surface area contributed by atoms with Crippen molar-refractivity contribution in [2.75, 3.05) is 31.1 Å². The molecule has 1 fully saturated rings. The van der Waals surface area contributed by atoms with E-state index in [9.17, 15) is 5.26 Å². The number of rotatable bonds is 1. The van der Waals surface area contributed by atoms with E-state index in [4.69, 9.17) is 4.98 Å². The van der Waals surface area contributed by atoms with Crippen LogP contribution in [0.15, 0.2) is 24.3 Å². The van der Waals surface area contributed by atoms with Crippen LogP contribution in [-0.4, -0.2) is 35.6 Å². The van der Waals surface area contributed by atoms with Crippen LogP contribution in [0.4, 0.5) is 5.82 Å². The van der Waals surface area contributed by atoms with Gasteiger partial charge in [-0.3, -0.25) is 4.40 Å². The van der Waals surface area contributed by atoms with Crippen LogP contribution in [0, 0.1) is 16.7 Å². The molecule has 146 valence electrons. The smallest absolute Gasteiger partial charge is 0.157 e. The number of imidazole rings is 1. The molecule has 28 heavy (non-hydrogen) atoms. The molecule has 1 aromatic carbocycles. The second kappa shape index (κ2) is 6.79. The van der Waals surface area contributed by atoms with Gasteiger partial charge in [-0.05, 0) is 47.9 Å². The lowest BCUT2D eigenvalue weighted by Crippen LogP contribution is -2.45. The number of pyridine rings is 1. The normalized spacial score (nSPS) is 18.5. The first-order chi connectivity index (χ1) is 13.1. The van der Waals surface area contributed by atoms with E-state index in [0.29, 0.717) is 0 Å². The van der Waals surface area contributed by atoms with E-state index >= 15 is 0 Å². The average molecular weight is 376 g/mol. The second-order valence-electron chi connectivity index (χ2n) is 8.61. The lowest BCUT2D eigenvalue weighted by atomic mass is 9.73. The van der Waals surface area contributed by atoms with E-state index in [-0.39, 0.29) is 12.8 Å². The largest absolute Gasteiger partial charge is 0.355 e. The minimum atomic E-state index is 0. The Kier molecular flexibility index (Phi) is 4.55. The molecule has 3 heterocycles. The SMILES string of the molecule is C.CC1(C)CCc2c(c(N3CCNCC3)n3c(nc4ccccc43)c2C#N)C1. The number of para-hydroxylation sites is 2. The number of anilines is 1. The number of nitrogens with one attached hydrogen (secondary N) is 1. The summed E-state index contributed by atoms with van der Waals surface area (Å²) in [5, 5.41) is 13.5. The summed E-state index contributed by atoms with van der Waals surface area (Å²) in [5.41, 5.74) is 6.51. The Balaban J connectivity index is 0.00000192. The number of piperazine rings is 1. The highest BCUT2D eigenvalue weighted by atomic mass is 15.3. The molecule has 0 unspecified atom stereocenters. The van der Waals surface area contributed by atoms with E-state index in [1.165, 1.54) is 16.9 Å².